The summed E-state index contributed by atoms with van der Waals surface area (Å²) >= 11 is 0. The predicted molar refractivity (Wildman–Crippen MR) is 97.2 cm³/mol. The highest BCUT2D eigenvalue weighted by atomic mass is 16.1. The molecule has 0 aromatic heterocycles. The van der Waals surface area contributed by atoms with Crippen LogP contribution < -0.4 is 0 Å². The monoisotopic (exact) mass is 316 g/mol. The fourth-order valence-corrected chi connectivity index (χ4v) is 6.96. The Bertz CT molecular complexity index is 492. The van der Waals surface area contributed by atoms with Gasteiger partial charge in [-0.25, -0.2) is 0 Å². The van der Waals surface area contributed by atoms with Crippen molar-refractivity contribution in [1.29, 1.82) is 0 Å². The van der Waals surface area contributed by atoms with Crippen LogP contribution in [0.15, 0.2) is 12.2 Å². The van der Waals surface area contributed by atoms with Crippen LogP contribution in [0.25, 0.3) is 0 Å². The first-order valence-corrected chi connectivity index (χ1v) is 9.93. The summed E-state index contributed by atoms with van der Waals surface area (Å²) in [4.78, 5) is 12.2. The van der Waals surface area contributed by atoms with Crippen molar-refractivity contribution in [3.8, 4) is 0 Å². The number of fused-ring (bicyclic) bond motifs is 3. The van der Waals surface area contributed by atoms with E-state index in [0.29, 0.717) is 22.5 Å². The van der Waals surface area contributed by atoms with Crippen molar-refractivity contribution in [3.63, 3.8) is 0 Å². The quantitative estimate of drug-likeness (QED) is 0.566. The molecule has 0 heterocycles. The second-order valence-electron chi connectivity index (χ2n) is 9.67. The van der Waals surface area contributed by atoms with E-state index in [-0.39, 0.29) is 0 Å². The molecule has 3 saturated carbocycles. The number of hydrogen-bond donors (Lipinski definition) is 0. The molecular weight excluding hydrogens is 280 g/mol. The highest BCUT2D eigenvalue weighted by Gasteiger charge is 2.58. The van der Waals surface area contributed by atoms with E-state index < -0.39 is 0 Å². The number of carbonyl (C=O) groups excluding carboxylic acids is 1. The summed E-state index contributed by atoms with van der Waals surface area (Å²) in [6.07, 6.45) is 11.8. The highest BCUT2D eigenvalue weighted by molar-refractivity contribution is 5.79. The normalized spacial score (nSPS) is 46.1. The summed E-state index contributed by atoms with van der Waals surface area (Å²) < 4.78 is 0. The van der Waals surface area contributed by atoms with Gasteiger partial charge in [-0.15, -0.1) is 6.58 Å². The molecule has 0 N–H and O–H groups in total. The summed E-state index contributed by atoms with van der Waals surface area (Å²) in [5.74, 6) is 3.37. The zero-order valence-electron chi connectivity index (χ0n) is 15.8. The van der Waals surface area contributed by atoms with Gasteiger partial charge in [0.05, 0.1) is 0 Å². The van der Waals surface area contributed by atoms with Crippen molar-refractivity contribution in [2.75, 3.05) is 0 Å². The Labute approximate surface area is 143 Å². The van der Waals surface area contributed by atoms with E-state index in [0.717, 1.165) is 24.2 Å². The molecule has 23 heavy (non-hydrogen) atoms. The van der Waals surface area contributed by atoms with Crippen LogP contribution in [0.2, 0.25) is 0 Å². The lowest BCUT2D eigenvalue weighted by molar-refractivity contribution is -0.128. The van der Waals surface area contributed by atoms with Crippen molar-refractivity contribution in [2.45, 2.75) is 85.5 Å². The average Bonchev–Trinajstić information content (AvgIpc) is 2.83. The second kappa shape index (κ2) is 6.05. The van der Waals surface area contributed by atoms with Gasteiger partial charge in [0.1, 0.15) is 5.78 Å². The summed E-state index contributed by atoms with van der Waals surface area (Å²) in [6.45, 7) is 13.2. The molecule has 130 valence electrons. The molecule has 0 amide bonds. The van der Waals surface area contributed by atoms with Crippen LogP contribution in [0, 0.1) is 34.5 Å². The van der Waals surface area contributed by atoms with E-state index in [9.17, 15) is 4.79 Å². The van der Waals surface area contributed by atoms with Gasteiger partial charge >= 0.3 is 0 Å². The van der Waals surface area contributed by atoms with Gasteiger partial charge in [-0.1, -0.05) is 25.8 Å². The Morgan fingerprint density at radius 3 is 2.43 bits per heavy atom. The largest absolute Gasteiger partial charge is 0.300 e. The fraction of sp³-hybridized carbons (Fsp3) is 0.864. The van der Waals surface area contributed by atoms with Crippen molar-refractivity contribution in [1.82, 2.24) is 0 Å². The van der Waals surface area contributed by atoms with Gasteiger partial charge in [0.2, 0.25) is 0 Å². The van der Waals surface area contributed by atoms with Crippen molar-refractivity contribution < 1.29 is 4.79 Å². The van der Waals surface area contributed by atoms with E-state index in [1.165, 1.54) is 56.9 Å². The summed E-state index contributed by atoms with van der Waals surface area (Å²) in [5, 5.41) is 0. The third-order valence-electron chi connectivity index (χ3n) is 8.23. The van der Waals surface area contributed by atoms with Gasteiger partial charge in [0.25, 0.3) is 0 Å². The molecule has 1 nitrogen and oxygen atoms in total. The summed E-state index contributed by atoms with van der Waals surface area (Å²) in [7, 11) is 0. The van der Waals surface area contributed by atoms with E-state index in [2.05, 4.69) is 27.4 Å². The van der Waals surface area contributed by atoms with Gasteiger partial charge in [-0.05, 0) is 93.8 Å². The third kappa shape index (κ3) is 2.83. The molecule has 3 aliphatic rings. The lowest BCUT2D eigenvalue weighted by Gasteiger charge is -2.56. The predicted octanol–water partition coefficient (Wildman–Crippen LogP) is 6.18. The summed E-state index contributed by atoms with van der Waals surface area (Å²) in [6, 6.07) is 0. The molecule has 3 rings (SSSR count). The average molecular weight is 317 g/mol. The molecule has 0 aromatic carbocycles. The second-order valence-corrected chi connectivity index (χ2v) is 9.67. The minimum atomic E-state index is 0.305. The SMILES string of the molecule is C=C(C)CC[C@]1(C)CCC[C@H]2[C@H]1CC[C@]1(C)[C@@H]2CC[C@H]1C(C)=O. The Hall–Kier alpha value is -0.590. The number of rotatable bonds is 4. The maximum absolute atomic E-state index is 12.2. The smallest absolute Gasteiger partial charge is 0.133 e. The fourth-order valence-electron chi connectivity index (χ4n) is 6.96. The van der Waals surface area contributed by atoms with Crippen LogP contribution in [0.4, 0.5) is 0 Å². The van der Waals surface area contributed by atoms with Crippen molar-refractivity contribution in [2.24, 2.45) is 34.5 Å². The van der Waals surface area contributed by atoms with Crippen LogP contribution in [-0.2, 0) is 4.79 Å². The maximum atomic E-state index is 12.2. The van der Waals surface area contributed by atoms with Gasteiger partial charge in [0, 0.05) is 5.92 Å². The first-order chi connectivity index (χ1) is 10.8. The van der Waals surface area contributed by atoms with E-state index in [4.69, 9.17) is 0 Å². The van der Waals surface area contributed by atoms with Crippen LogP contribution in [-0.4, -0.2) is 5.78 Å². The van der Waals surface area contributed by atoms with Gasteiger partial charge in [0.15, 0.2) is 0 Å². The zero-order chi connectivity index (χ0) is 16.8. The third-order valence-corrected chi connectivity index (χ3v) is 8.23. The number of hydrogen-bond acceptors (Lipinski definition) is 1. The summed E-state index contributed by atoms with van der Waals surface area (Å²) in [5.41, 5.74) is 2.16. The topological polar surface area (TPSA) is 17.1 Å². The van der Waals surface area contributed by atoms with Gasteiger partial charge in [-0.3, -0.25) is 4.79 Å². The van der Waals surface area contributed by atoms with Crippen LogP contribution >= 0.6 is 0 Å². The Morgan fingerprint density at radius 1 is 1.04 bits per heavy atom. The van der Waals surface area contributed by atoms with E-state index >= 15 is 0 Å². The first kappa shape index (κ1) is 17.2. The Kier molecular flexibility index (Phi) is 4.53. The molecular formula is C22H36O. The minimum Gasteiger partial charge on any atom is -0.300 e. The van der Waals surface area contributed by atoms with Crippen LogP contribution in [0.3, 0.4) is 0 Å². The number of Topliss-reactive ketones (excluding diaryl/α,β-unsaturated/α-hetero) is 1. The molecule has 3 aliphatic carbocycles. The molecule has 0 bridgehead atoms. The zero-order valence-corrected chi connectivity index (χ0v) is 15.8. The number of ketones is 1. The molecule has 0 saturated heterocycles. The maximum Gasteiger partial charge on any atom is 0.133 e. The van der Waals surface area contributed by atoms with Crippen LogP contribution in [0.5, 0.6) is 0 Å². The molecule has 0 aliphatic heterocycles. The van der Waals surface area contributed by atoms with E-state index in [1.54, 1.807) is 0 Å². The lowest BCUT2D eigenvalue weighted by atomic mass is 9.48. The molecule has 0 spiro atoms. The van der Waals surface area contributed by atoms with E-state index in [1.807, 2.05) is 6.92 Å². The van der Waals surface area contributed by atoms with Gasteiger partial charge in [-0.2, -0.15) is 0 Å². The Morgan fingerprint density at radius 2 is 1.78 bits per heavy atom. The Balaban J connectivity index is 1.81. The number of carbonyl (C=O) groups is 1. The molecule has 3 fully saturated rings. The minimum absolute atomic E-state index is 0.305. The number of allylic oxidation sites excluding steroid dienone is 1. The molecule has 1 heteroatoms. The molecule has 0 radical (unpaired) electrons. The molecule has 6 atom stereocenters. The highest BCUT2D eigenvalue weighted by Crippen LogP contribution is 2.65. The standard InChI is InChI=1S/C22H36O/c1-15(2)10-13-21(4)12-6-7-17-19(21)11-14-22(5)18(16(3)23)8-9-20(17)22/h17-20H,1,6-14H2,2-5H3/t17-,18-,19+,20+,21-,22-/m0/s1. The van der Waals surface area contributed by atoms with Crippen molar-refractivity contribution in [3.05, 3.63) is 12.2 Å². The van der Waals surface area contributed by atoms with Crippen LogP contribution in [0.1, 0.15) is 85.5 Å². The van der Waals surface area contributed by atoms with Gasteiger partial charge < -0.3 is 0 Å². The lowest BCUT2D eigenvalue weighted by Crippen LogP contribution is -2.49. The first-order valence-electron chi connectivity index (χ1n) is 9.93. The van der Waals surface area contributed by atoms with Crippen molar-refractivity contribution >= 4 is 5.78 Å². The molecule has 0 unspecified atom stereocenters. The molecule has 0 aromatic rings.